The van der Waals surface area contributed by atoms with Crippen LogP contribution in [0.3, 0.4) is 0 Å². The molecule has 0 unspecified atom stereocenters. The molecule has 2 amide bonds. The number of ether oxygens (including phenoxy) is 1. The van der Waals surface area contributed by atoms with Gasteiger partial charge in [0.15, 0.2) is 0 Å². The van der Waals surface area contributed by atoms with Crippen molar-refractivity contribution in [2.75, 3.05) is 19.8 Å². The molecule has 1 N–H and O–H groups in total. The SMILES string of the molecule is O=C1OC[C@@H]2CCCN2C(=O)[C@@H](CC(=O)N2Cc3ccccc3C[C@H]2CO)CC=CCC[C@@H]1Cc1ccccc1. The Labute approximate surface area is 236 Å². The van der Waals surface area contributed by atoms with Gasteiger partial charge in [-0.15, -0.1) is 0 Å². The van der Waals surface area contributed by atoms with Gasteiger partial charge in [-0.05, 0) is 61.6 Å². The van der Waals surface area contributed by atoms with Crippen LogP contribution in [0.15, 0.2) is 66.7 Å². The summed E-state index contributed by atoms with van der Waals surface area (Å²) in [6.07, 6.45) is 8.85. The second-order valence-corrected chi connectivity index (χ2v) is 11.4. The van der Waals surface area contributed by atoms with Gasteiger partial charge < -0.3 is 19.6 Å². The monoisotopic (exact) mass is 544 g/mol. The molecule has 2 aromatic rings. The Kier molecular flexibility index (Phi) is 9.32. The maximum Gasteiger partial charge on any atom is 0.309 e. The van der Waals surface area contributed by atoms with Gasteiger partial charge in [-0.2, -0.15) is 0 Å². The molecule has 3 heterocycles. The summed E-state index contributed by atoms with van der Waals surface area (Å²) < 4.78 is 5.82. The predicted molar refractivity (Wildman–Crippen MR) is 152 cm³/mol. The minimum absolute atomic E-state index is 0.0467. The zero-order valence-electron chi connectivity index (χ0n) is 23.1. The molecule has 212 valence electrons. The number of nitrogens with zero attached hydrogens (tertiary/aromatic N) is 2. The van der Waals surface area contributed by atoms with Gasteiger partial charge in [0.2, 0.25) is 11.8 Å². The minimum Gasteiger partial charge on any atom is -0.463 e. The number of esters is 1. The molecule has 0 spiro atoms. The van der Waals surface area contributed by atoms with E-state index in [0.29, 0.717) is 45.2 Å². The highest BCUT2D eigenvalue weighted by molar-refractivity contribution is 5.86. The van der Waals surface area contributed by atoms with Crippen LogP contribution >= 0.6 is 0 Å². The lowest BCUT2D eigenvalue weighted by molar-refractivity contribution is -0.153. The number of aliphatic hydroxyl groups is 1. The summed E-state index contributed by atoms with van der Waals surface area (Å²) in [5, 5.41) is 10.1. The number of rotatable bonds is 5. The number of carbonyl (C=O) groups is 3. The highest BCUT2D eigenvalue weighted by atomic mass is 16.5. The van der Waals surface area contributed by atoms with Crippen LogP contribution in [-0.4, -0.2) is 64.5 Å². The van der Waals surface area contributed by atoms with E-state index in [0.717, 1.165) is 29.5 Å². The smallest absolute Gasteiger partial charge is 0.309 e. The molecule has 5 rings (SSSR count). The van der Waals surface area contributed by atoms with Gasteiger partial charge in [-0.3, -0.25) is 14.4 Å². The summed E-state index contributed by atoms with van der Waals surface area (Å²) in [6.45, 7) is 1.14. The van der Waals surface area contributed by atoms with Crippen molar-refractivity contribution < 1.29 is 24.2 Å². The first-order valence-electron chi connectivity index (χ1n) is 14.7. The Morgan fingerprint density at radius 3 is 2.52 bits per heavy atom. The van der Waals surface area contributed by atoms with Gasteiger partial charge in [-0.1, -0.05) is 66.7 Å². The number of carbonyl (C=O) groups excluding carboxylic acids is 3. The van der Waals surface area contributed by atoms with Crippen molar-refractivity contribution in [1.82, 2.24) is 9.80 Å². The molecule has 7 nitrogen and oxygen atoms in total. The van der Waals surface area contributed by atoms with Gasteiger partial charge in [-0.25, -0.2) is 0 Å². The molecule has 3 aliphatic heterocycles. The van der Waals surface area contributed by atoms with E-state index >= 15 is 0 Å². The summed E-state index contributed by atoms with van der Waals surface area (Å²) >= 11 is 0. The average Bonchev–Trinajstić information content (AvgIpc) is 3.46. The molecular weight excluding hydrogens is 504 g/mol. The van der Waals surface area contributed by atoms with E-state index in [1.807, 2.05) is 71.6 Å². The largest absolute Gasteiger partial charge is 0.463 e. The van der Waals surface area contributed by atoms with Crippen molar-refractivity contribution in [3.05, 3.63) is 83.4 Å². The van der Waals surface area contributed by atoms with Gasteiger partial charge in [0, 0.05) is 19.5 Å². The highest BCUT2D eigenvalue weighted by Gasteiger charge is 2.37. The molecule has 0 aliphatic carbocycles. The minimum atomic E-state index is -0.488. The Hall–Kier alpha value is -3.45. The topological polar surface area (TPSA) is 87.2 Å². The summed E-state index contributed by atoms with van der Waals surface area (Å²) in [5.74, 6) is -1.09. The van der Waals surface area contributed by atoms with Gasteiger partial charge in [0.1, 0.15) is 6.61 Å². The molecule has 2 aromatic carbocycles. The molecule has 3 aliphatic rings. The van der Waals surface area contributed by atoms with Gasteiger partial charge >= 0.3 is 5.97 Å². The first-order chi connectivity index (χ1) is 19.5. The Bertz CT molecular complexity index is 1210. The Balaban J connectivity index is 1.31. The molecule has 0 aromatic heterocycles. The molecule has 7 heteroatoms. The average molecular weight is 545 g/mol. The van der Waals surface area contributed by atoms with Crippen LogP contribution in [0.25, 0.3) is 0 Å². The summed E-state index contributed by atoms with van der Waals surface area (Å²) in [5.41, 5.74) is 3.36. The number of amides is 2. The molecule has 0 bridgehead atoms. The Morgan fingerprint density at radius 2 is 1.73 bits per heavy atom. The predicted octanol–water partition coefficient (Wildman–Crippen LogP) is 4.07. The lowest BCUT2D eigenvalue weighted by Gasteiger charge is -2.37. The zero-order chi connectivity index (χ0) is 27.9. The molecule has 1 saturated heterocycles. The maximum atomic E-state index is 13.8. The van der Waals surface area contributed by atoms with E-state index in [2.05, 4.69) is 0 Å². The van der Waals surface area contributed by atoms with Crippen molar-refractivity contribution >= 4 is 17.8 Å². The number of allylic oxidation sites excluding steroid dienone is 2. The standard InChI is InChI=1S/C33H40N2O5/c36-22-30-19-25-12-7-8-15-28(25)21-35(30)31(37)20-26-13-5-2-6-14-27(18-24-10-3-1-4-11-24)33(39)40-23-29-16-9-17-34(29)32(26)38/h1-5,7-8,10-12,15,26-27,29-30,36H,6,9,13-14,16-23H2/t26-,27-,29+,30+/m1/s1. The second kappa shape index (κ2) is 13.3. The van der Waals surface area contributed by atoms with Crippen LogP contribution < -0.4 is 0 Å². The number of hydrogen-bond donors (Lipinski definition) is 1. The number of aliphatic hydroxyl groups excluding tert-OH is 1. The molecule has 40 heavy (non-hydrogen) atoms. The fraction of sp³-hybridized carbons (Fsp3) is 0.485. The second-order valence-electron chi connectivity index (χ2n) is 11.4. The van der Waals surface area contributed by atoms with E-state index in [4.69, 9.17) is 4.74 Å². The van der Waals surface area contributed by atoms with Crippen molar-refractivity contribution in [3.8, 4) is 0 Å². The fourth-order valence-electron chi connectivity index (χ4n) is 6.35. The van der Waals surface area contributed by atoms with Crippen LogP contribution in [0.5, 0.6) is 0 Å². The van der Waals surface area contributed by atoms with Crippen LogP contribution in [0.4, 0.5) is 0 Å². The summed E-state index contributed by atoms with van der Waals surface area (Å²) in [6, 6.07) is 17.6. The van der Waals surface area contributed by atoms with Gasteiger partial charge in [0.25, 0.3) is 0 Å². The maximum absolute atomic E-state index is 13.8. The highest BCUT2D eigenvalue weighted by Crippen LogP contribution is 2.28. The van der Waals surface area contributed by atoms with Crippen molar-refractivity contribution in [2.45, 2.75) is 70.0 Å². The van der Waals surface area contributed by atoms with E-state index in [-0.39, 0.29) is 55.4 Å². The van der Waals surface area contributed by atoms with E-state index in [1.165, 1.54) is 0 Å². The fourth-order valence-corrected chi connectivity index (χ4v) is 6.35. The number of hydrogen-bond acceptors (Lipinski definition) is 5. The number of fused-ring (bicyclic) bond motifs is 2. The van der Waals surface area contributed by atoms with Crippen LogP contribution in [-0.2, 0) is 38.5 Å². The van der Waals surface area contributed by atoms with E-state index in [9.17, 15) is 19.5 Å². The van der Waals surface area contributed by atoms with Crippen LogP contribution in [0.2, 0.25) is 0 Å². The van der Waals surface area contributed by atoms with Crippen molar-refractivity contribution in [2.24, 2.45) is 11.8 Å². The van der Waals surface area contributed by atoms with Crippen LogP contribution in [0.1, 0.15) is 55.2 Å². The third-order valence-electron chi connectivity index (χ3n) is 8.66. The van der Waals surface area contributed by atoms with E-state index in [1.54, 1.807) is 4.90 Å². The molecule has 0 saturated carbocycles. The van der Waals surface area contributed by atoms with Crippen LogP contribution in [0, 0.1) is 11.8 Å². The van der Waals surface area contributed by atoms with Crippen molar-refractivity contribution in [1.29, 1.82) is 0 Å². The molecule has 4 atom stereocenters. The molecule has 0 radical (unpaired) electrons. The third kappa shape index (κ3) is 6.64. The Morgan fingerprint density at radius 1 is 0.950 bits per heavy atom. The summed E-state index contributed by atoms with van der Waals surface area (Å²) in [7, 11) is 0. The number of benzene rings is 2. The third-order valence-corrected chi connectivity index (χ3v) is 8.66. The number of cyclic esters (lactones) is 1. The lowest BCUT2D eigenvalue weighted by atomic mass is 9.92. The molecular formula is C33H40N2O5. The zero-order valence-corrected chi connectivity index (χ0v) is 23.1. The summed E-state index contributed by atoms with van der Waals surface area (Å²) in [4.78, 5) is 44.1. The normalized spacial score (nSPS) is 25.7. The first-order valence-corrected chi connectivity index (χ1v) is 14.7. The van der Waals surface area contributed by atoms with E-state index < -0.39 is 5.92 Å². The first kappa shape index (κ1) is 28.1. The van der Waals surface area contributed by atoms with Crippen molar-refractivity contribution in [3.63, 3.8) is 0 Å². The lowest BCUT2D eigenvalue weighted by Crippen LogP contribution is -2.48. The quantitative estimate of drug-likeness (QED) is 0.453. The molecule has 1 fully saturated rings. The van der Waals surface area contributed by atoms with Gasteiger partial charge in [0.05, 0.1) is 30.5 Å².